The van der Waals surface area contributed by atoms with Gasteiger partial charge in [0.15, 0.2) is 0 Å². The van der Waals surface area contributed by atoms with Gasteiger partial charge in [0.1, 0.15) is 5.65 Å². The third-order valence-electron chi connectivity index (χ3n) is 3.50. The lowest BCUT2D eigenvalue weighted by molar-refractivity contribution is 1.08. The predicted octanol–water partition coefficient (Wildman–Crippen LogP) is 4.08. The predicted molar refractivity (Wildman–Crippen MR) is 87.2 cm³/mol. The highest BCUT2D eigenvalue weighted by Gasteiger charge is 2.05. The molecule has 0 aliphatic rings. The lowest BCUT2D eigenvalue weighted by Crippen LogP contribution is -1.88. The smallest absolute Gasteiger partial charge is 0.137 e. The minimum absolute atomic E-state index is 0.925. The third-order valence-corrected chi connectivity index (χ3v) is 3.77. The topological polar surface area (TPSA) is 22.2 Å². The third kappa shape index (κ3) is 2.23. The van der Waals surface area contributed by atoms with Crippen LogP contribution in [0.2, 0.25) is 0 Å². The fourth-order valence-electron chi connectivity index (χ4n) is 2.43. The Hall–Kier alpha value is -2.46. The highest BCUT2D eigenvalue weighted by molar-refractivity contribution is 7.80. The van der Waals surface area contributed by atoms with Crippen molar-refractivity contribution in [1.29, 1.82) is 0 Å². The van der Waals surface area contributed by atoms with Crippen molar-refractivity contribution in [3.8, 4) is 16.9 Å². The van der Waals surface area contributed by atoms with Crippen LogP contribution in [0.3, 0.4) is 0 Å². The van der Waals surface area contributed by atoms with Gasteiger partial charge in [0.2, 0.25) is 0 Å². The summed E-state index contributed by atoms with van der Waals surface area (Å²) in [4.78, 5) is 5.56. The van der Waals surface area contributed by atoms with E-state index in [2.05, 4.69) is 46.4 Å². The first-order valence-electron chi connectivity index (χ1n) is 6.71. The number of hydrogen-bond acceptors (Lipinski definition) is 2. The van der Waals surface area contributed by atoms with Crippen LogP contribution in [-0.2, 0) is 0 Å². The summed E-state index contributed by atoms with van der Waals surface area (Å²) in [5.41, 5.74) is 4.14. The van der Waals surface area contributed by atoms with Crippen LogP contribution >= 0.6 is 12.6 Å². The van der Waals surface area contributed by atoms with E-state index in [9.17, 15) is 0 Å². The molecule has 3 nitrogen and oxygen atoms in total. The number of nitrogens with zero attached hydrogens (tertiary/aromatic N) is 3. The van der Waals surface area contributed by atoms with Gasteiger partial charge in [-0.05, 0) is 36.4 Å². The van der Waals surface area contributed by atoms with Crippen molar-refractivity contribution >= 4 is 18.3 Å². The largest absolute Gasteiger partial charge is 0.324 e. The average molecular weight is 291 g/mol. The Labute approximate surface area is 127 Å². The van der Waals surface area contributed by atoms with Crippen LogP contribution in [0.1, 0.15) is 0 Å². The zero-order valence-electron chi connectivity index (χ0n) is 11.2. The van der Waals surface area contributed by atoms with Crippen LogP contribution in [0.25, 0.3) is 22.6 Å². The highest BCUT2D eigenvalue weighted by Crippen LogP contribution is 2.21. The van der Waals surface area contributed by atoms with E-state index in [4.69, 9.17) is 0 Å². The molecule has 0 unspecified atom stereocenters. The molecular weight excluding hydrogens is 278 g/mol. The van der Waals surface area contributed by atoms with Gasteiger partial charge in [-0.3, -0.25) is 0 Å². The molecule has 0 spiro atoms. The number of pyridine rings is 1. The maximum Gasteiger partial charge on any atom is 0.137 e. The number of hydrogen-bond donors (Lipinski definition) is 1. The van der Waals surface area contributed by atoms with Crippen LogP contribution in [0, 0.1) is 0 Å². The molecule has 0 N–H and O–H groups in total. The van der Waals surface area contributed by atoms with E-state index in [1.165, 1.54) is 0 Å². The van der Waals surface area contributed by atoms with Crippen LogP contribution < -0.4 is 0 Å². The van der Waals surface area contributed by atoms with Crippen molar-refractivity contribution in [3.63, 3.8) is 0 Å². The molecule has 102 valence electrons. The van der Waals surface area contributed by atoms with E-state index in [1.807, 2.05) is 53.5 Å². The van der Waals surface area contributed by atoms with Crippen molar-refractivity contribution in [2.45, 2.75) is 4.90 Å². The van der Waals surface area contributed by atoms with Gasteiger partial charge in [0.05, 0.1) is 5.69 Å². The Morgan fingerprint density at radius 3 is 2.38 bits per heavy atom. The maximum atomic E-state index is 4.64. The van der Waals surface area contributed by atoms with Crippen molar-refractivity contribution in [1.82, 2.24) is 14.0 Å². The zero-order valence-corrected chi connectivity index (χ0v) is 12.1. The second-order valence-electron chi connectivity index (χ2n) is 4.92. The lowest BCUT2D eigenvalue weighted by atomic mass is 10.1. The van der Waals surface area contributed by atoms with Gasteiger partial charge >= 0.3 is 0 Å². The maximum absolute atomic E-state index is 4.64. The van der Waals surface area contributed by atoms with Crippen molar-refractivity contribution in [2.24, 2.45) is 0 Å². The number of thiol groups is 1. The van der Waals surface area contributed by atoms with Crippen molar-refractivity contribution in [3.05, 3.63) is 73.3 Å². The van der Waals surface area contributed by atoms with Crippen LogP contribution in [-0.4, -0.2) is 14.0 Å². The standard InChI is InChI=1S/C17H13N3S/c21-15-7-8-17-18-16(12-20(17)11-15)13-3-5-14(6-4-13)19-9-1-2-10-19/h1-12,21H. The summed E-state index contributed by atoms with van der Waals surface area (Å²) in [7, 11) is 0. The minimum atomic E-state index is 0.925. The quantitative estimate of drug-likeness (QED) is 0.552. The summed E-state index contributed by atoms with van der Waals surface area (Å²) in [5.74, 6) is 0. The van der Waals surface area contributed by atoms with Gasteiger partial charge in [-0.15, -0.1) is 12.6 Å². The normalized spacial score (nSPS) is 11.1. The van der Waals surface area contributed by atoms with Gasteiger partial charge in [0.25, 0.3) is 0 Å². The molecule has 0 atom stereocenters. The number of fused-ring (bicyclic) bond motifs is 1. The Balaban J connectivity index is 1.74. The van der Waals surface area contributed by atoms with E-state index in [-0.39, 0.29) is 0 Å². The van der Waals surface area contributed by atoms with E-state index >= 15 is 0 Å². The summed E-state index contributed by atoms with van der Waals surface area (Å²) >= 11 is 4.35. The van der Waals surface area contributed by atoms with E-state index in [0.717, 1.165) is 27.5 Å². The summed E-state index contributed by atoms with van der Waals surface area (Å²) in [6.07, 6.45) is 8.06. The number of rotatable bonds is 2. The Kier molecular flexibility index (Phi) is 2.82. The van der Waals surface area contributed by atoms with Crippen LogP contribution in [0.4, 0.5) is 0 Å². The molecule has 4 rings (SSSR count). The molecule has 0 saturated heterocycles. The molecule has 0 bridgehead atoms. The van der Waals surface area contributed by atoms with E-state index in [1.54, 1.807) is 0 Å². The van der Waals surface area contributed by atoms with Gasteiger partial charge in [-0.2, -0.15) is 0 Å². The average Bonchev–Trinajstić information content (AvgIpc) is 3.16. The van der Waals surface area contributed by atoms with Gasteiger partial charge in [-0.1, -0.05) is 12.1 Å². The zero-order chi connectivity index (χ0) is 14.2. The summed E-state index contributed by atoms with van der Waals surface area (Å²) < 4.78 is 4.08. The molecule has 0 aliphatic heterocycles. The minimum Gasteiger partial charge on any atom is -0.324 e. The summed E-state index contributed by atoms with van der Waals surface area (Å²) in [5, 5.41) is 0. The Morgan fingerprint density at radius 1 is 0.857 bits per heavy atom. The molecule has 3 aromatic heterocycles. The molecular formula is C17H13N3S. The molecule has 1 aromatic carbocycles. The Morgan fingerprint density at radius 2 is 1.62 bits per heavy atom. The molecule has 21 heavy (non-hydrogen) atoms. The summed E-state index contributed by atoms with van der Waals surface area (Å²) in [6, 6.07) is 16.4. The molecule has 3 heterocycles. The second kappa shape index (κ2) is 4.82. The van der Waals surface area contributed by atoms with Crippen molar-refractivity contribution < 1.29 is 0 Å². The first-order valence-corrected chi connectivity index (χ1v) is 7.16. The fourth-order valence-corrected chi connectivity index (χ4v) is 2.63. The molecule has 4 aromatic rings. The molecule has 0 amide bonds. The number of imidazole rings is 1. The van der Waals surface area contributed by atoms with Gasteiger partial charge < -0.3 is 8.97 Å². The van der Waals surface area contributed by atoms with Crippen LogP contribution in [0.15, 0.2) is 78.2 Å². The highest BCUT2D eigenvalue weighted by atomic mass is 32.1. The Bertz CT molecular complexity index is 890. The first-order chi connectivity index (χ1) is 10.3. The monoisotopic (exact) mass is 291 g/mol. The SMILES string of the molecule is Sc1ccc2nc(-c3ccc(-n4cccc4)cc3)cn2c1. The van der Waals surface area contributed by atoms with E-state index in [0.29, 0.717) is 0 Å². The fraction of sp³-hybridized carbons (Fsp3) is 0. The van der Waals surface area contributed by atoms with Crippen molar-refractivity contribution in [2.75, 3.05) is 0 Å². The van der Waals surface area contributed by atoms with Crippen LogP contribution in [0.5, 0.6) is 0 Å². The molecule has 4 heteroatoms. The lowest BCUT2D eigenvalue weighted by Gasteiger charge is -2.03. The van der Waals surface area contributed by atoms with Gasteiger partial charge in [-0.25, -0.2) is 4.98 Å². The second-order valence-corrected chi connectivity index (χ2v) is 5.43. The van der Waals surface area contributed by atoms with E-state index < -0.39 is 0 Å². The summed E-state index contributed by atoms with van der Waals surface area (Å²) in [6.45, 7) is 0. The number of aromatic nitrogens is 3. The molecule has 0 saturated carbocycles. The number of benzene rings is 1. The van der Waals surface area contributed by atoms with Gasteiger partial charge in [0, 0.05) is 40.9 Å². The first kappa shape index (κ1) is 12.3. The molecule has 0 aliphatic carbocycles. The molecule has 0 fully saturated rings. The molecule has 0 radical (unpaired) electrons.